The normalized spacial score (nSPS) is 19.9. The topological polar surface area (TPSA) is 49.4 Å². The van der Waals surface area contributed by atoms with Crippen LogP contribution in [0.15, 0.2) is 59.8 Å². The largest absolute Gasteiger partial charge is 0.357 e. The van der Waals surface area contributed by atoms with Crippen LogP contribution in [-0.4, -0.2) is 11.7 Å². The number of halogens is 1. The number of para-hydroxylation sites is 2. The zero-order chi connectivity index (χ0) is 22.2. The van der Waals surface area contributed by atoms with Crippen LogP contribution in [0.4, 0.5) is 11.4 Å². The number of hydrogen-bond donors (Lipinski definition) is 1. The number of rotatable bonds is 4. The first-order valence-corrected chi connectivity index (χ1v) is 11.4. The molecule has 0 bridgehead atoms. The number of nitrogens with one attached hydrogen (secondary N) is 1. The summed E-state index contributed by atoms with van der Waals surface area (Å²) in [4.78, 5) is 28.9. The van der Waals surface area contributed by atoms with E-state index in [0.717, 1.165) is 41.9 Å². The molecule has 1 atom stereocenters. The minimum atomic E-state index is -0.548. The first-order chi connectivity index (χ1) is 14.8. The number of amides is 1. The summed E-state index contributed by atoms with van der Waals surface area (Å²) in [6.07, 6.45) is 3.33. The van der Waals surface area contributed by atoms with Crippen molar-refractivity contribution in [3.8, 4) is 0 Å². The van der Waals surface area contributed by atoms with Crippen molar-refractivity contribution in [2.45, 2.75) is 58.9 Å². The Balaban J connectivity index is 1.99. The zero-order valence-corrected chi connectivity index (χ0v) is 19.1. The Labute approximate surface area is 189 Å². The lowest BCUT2D eigenvalue weighted by Gasteiger charge is -2.37. The Hall–Kier alpha value is -2.59. The van der Waals surface area contributed by atoms with E-state index in [4.69, 9.17) is 11.6 Å². The summed E-state index contributed by atoms with van der Waals surface area (Å²) in [6, 6.07) is 14.8. The maximum absolute atomic E-state index is 13.6. The molecular formula is C26H29ClN2O2. The van der Waals surface area contributed by atoms with E-state index in [9.17, 15) is 9.59 Å². The molecule has 0 spiro atoms. The lowest BCUT2D eigenvalue weighted by Crippen LogP contribution is -2.39. The van der Waals surface area contributed by atoms with Gasteiger partial charge in [-0.15, -0.1) is 0 Å². The average Bonchev–Trinajstić information content (AvgIpc) is 2.85. The van der Waals surface area contributed by atoms with E-state index in [2.05, 4.69) is 26.1 Å². The van der Waals surface area contributed by atoms with Crippen LogP contribution in [0.2, 0.25) is 5.02 Å². The Morgan fingerprint density at radius 2 is 1.84 bits per heavy atom. The molecule has 5 heteroatoms. The van der Waals surface area contributed by atoms with Crippen LogP contribution in [0.3, 0.4) is 0 Å². The predicted molar refractivity (Wildman–Crippen MR) is 126 cm³/mol. The third kappa shape index (κ3) is 4.14. The molecule has 4 rings (SSSR count). The fraction of sp³-hybridized carbons (Fsp3) is 0.385. The van der Waals surface area contributed by atoms with Crippen LogP contribution in [0.1, 0.15) is 64.5 Å². The first kappa shape index (κ1) is 21.6. The molecule has 4 nitrogen and oxygen atoms in total. The van der Waals surface area contributed by atoms with Crippen molar-refractivity contribution in [1.29, 1.82) is 0 Å². The highest BCUT2D eigenvalue weighted by molar-refractivity contribution is 6.31. The zero-order valence-electron chi connectivity index (χ0n) is 18.4. The van der Waals surface area contributed by atoms with Gasteiger partial charge < -0.3 is 5.32 Å². The number of Topliss-reactive ketones (excluding diaryl/α,β-unsaturated/α-hetero) is 1. The number of fused-ring (bicyclic) bond motifs is 1. The maximum atomic E-state index is 13.6. The molecule has 31 heavy (non-hydrogen) atoms. The number of allylic oxidation sites excluding steroid dienone is 1. The molecule has 1 amide bonds. The number of carbonyl (C=O) groups excluding carboxylic acids is 2. The molecule has 0 saturated heterocycles. The second kappa shape index (κ2) is 8.51. The van der Waals surface area contributed by atoms with Crippen LogP contribution < -0.4 is 10.2 Å². The Kier molecular flexibility index (Phi) is 5.94. The minimum absolute atomic E-state index is 0.00686. The fourth-order valence-electron chi connectivity index (χ4n) is 4.70. The fourth-order valence-corrected chi connectivity index (χ4v) is 4.94. The van der Waals surface area contributed by atoms with Crippen molar-refractivity contribution >= 4 is 34.7 Å². The average molecular weight is 437 g/mol. The molecule has 1 unspecified atom stereocenters. The summed E-state index contributed by atoms with van der Waals surface area (Å²) >= 11 is 6.65. The summed E-state index contributed by atoms with van der Waals surface area (Å²) in [5, 5.41) is 4.09. The van der Waals surface area contributed by atoms with Crippen LogP contribution in [0, 0.1) is 5.41 Å². The van der Waals surface area contributed by atoms with Crippen molar-refractivity contribution in [3.63, 3.8) is 0 Å². The van der Waals surface area contributed by atoms with Crippen molar-refractivity contribution in [3.05, 3.63) is 70.4 Å². The molecule has 1 aliphatic heterocycles. The molecule has 0 saturated carbocycles. The highest BCUT2D eigenvalue weighted by Gasteiger charge is 2.43. The number of hydrogen-bond acceptors (Lipinski definition) is 3. The van der Waals surface area contributed by atoms with E-state index in [1.165, 1.54) is 0 Å². The Morgan fingerprint density at radius 3 is 2.58 bits per heavy atom. The molecule has 162 valence electrons. The first-order valence-electron chi connectivity index (χ1n) is 11.0. The molecule has 1 heterocycles. The van der Waals surface area contributed by atoms with E-state index < -0.39 is 6.04 Å². The second-order valence-corrected chi connectivity index (χ2v) is 9.67. The van der Waals surface area contributed by atoms with Gasteiger partial charge in [0.25, 0.3) is 0 Å². The van der Waals surface area contributed by atoms with Gasteiger partial charge >= 0.3 is 0 Å². The van der Waals surface area contributed by atoms with Gasteiger partial charge in [-0.1, -0.05) is 69.1 Å². The van der Waals surface area contributed by atoms with Crippen molar-refractivity contribution in [2.24, 2.45) is 5.41 Å². The highest BCUT2D eigenvalue weighted by Crippen LogP contribution is 2.49. The van der Waals surface area contributed by atoms with E-state index in [-0.39, 0.29) is 17.1 Å². The number of anilines is 2. The predicted octanol–water partition coefficient (Wildman–Crippen LogP) is 6.67. The number of nitrogens with zero attached hydrogens (tertiary/aromatic N) is 1. The van der Waals surface area contributed by atoms with Gasteiger partial charge in [0.05, 0.1) is 17.4 Å². The molecule has 2 aromatic rings. The van der Waals surface area contributed by atoms with Gasteiger partial charge in [0.15, 0.2) is 5.78 Å². The van der Waals surface area contributed by atoms with Crippen molar-refractivity contribution in [2.75, 3.05) is 10.2 Å². The SMILES string of the molecule is CCCCC(=O)N1c2ccccc2NC2=C(C(=O)CC(C)(C)C2)C1c1ccccc1Cl. The molecule has 2 aromatic carbocycles. The van der Waals surface area contributed by atoms with E-state index in [1.807, 2.05) is 48.5 Å². The van der Waals surface area contributed by atoms with Crippen LogP contribution >= 0.6 is 11.6 Å². The number of benzene rings is 2. The Bertz CT molecular complexity index is 1060. The third-order valence-electron chi connectivity index (χ3n) is 6.11. The Morgan fingerprint density at radius 1 is 1.13 bits per heavy atom. The number of unbranched alkanes of at least 4 members (excludes halogenated alkanes) is 1. The lowest BCUT2D eigenvalue weighted by atomic mass is 9.73. The van der Waals surface area contributed by atoms with Gasteiger partial charge in [-0.3, -0.25) is 14.5 Å². The molecule has 0 radical (unpaired) electrons. The van der Waals surface area contributed by atoms with Gasteiger partial charge in [-0.2, -0.15) is 0 Å². The molecule has 2 aliphatic rings. The van der Waals surface area contributed by atoms with E-state index >= 15 is 0 Å². The minimum Gasteiger partial charge on any atom is -0.357 e. The van der Waals surface area contributed by atoms with Crippen molar-refractivity contribution in [1.82, 2.24) is 0 Å². The summed E-state index contributed by atoms with van der Waals surface area (Å²) < 4.78 is 0. The molecule has 0 fully saturated rings. The summed E-state index contributed by atoms with van der Waals surface area (Å²) in [6.45, 7) is 6.30. The van der Waals surface area contributed by atoms with Crippen LogP contribution in [0.25, 0.3) is 0 Å². The molecule has 1 aliphatic carbocycles. The van der Waals surface area contributed by atoms with Crippen molar-refractivity contribution < 1.29 is 9.59 Å². The summed E-state index contributed by atoms with van der Waals surface area (Å²) in [5.74, 6) is 0.0807. The highest BCUT2D eigenvalue weighted by atomic mass is 35.5. The molecule has 1 N–H and O–H groups in total. The summed E-state index contributed by atoms with van der Waals surface area (Å²) in [5.41, 5.74) is 3.82. The van der Waals surface area contributed by atoms with Crippen LogP contribution in [-0.2, 0) is 9.59 Å². The second-order valence-electron chi connectivity index (χ2n) is 9.27. The van der Waals surface area contributed by atoms with Gasteiger partial charge in [-0.25, -0.2) is 0 Å². The smallest absolute Gasteiger partial charge is 0.227 e. The van der Waals surface area contributed by atoms with Gasteiger partial charge in [0, 0.05) is 29.1 Å². The quantitative estimate of drug-likeness (QED) is 0.581. The molecule has 0 aromatic heterocycles. The van der Waals surface area contributed by atoms with Gasteiger partial charge in [-0.05, 0) is 42.0 Å². The van der Waals surface area contributed by atoms with Gasteiger partial charge in [0.2, 0.25) is 5.91 Å². The van der Waals surface area contributed by atoms with Gasteiger partial charge in [0.1, 0.15) is 0 Å². The standard InChI is InChI=1S/C26H29ClN2O2/c1-4-5-14-23(31)29-21-13-9-8-12-19(21)28-20-15-26(2,3)16-22(30)24(20)25(29)17-10-6-7-11-18(17)27/h6-13,25,28H,4-5,14-16H2,1-3H3. The number of ketones is 1. The molecular weight excluding hydrogens is 408 g/mol. The van der Waals surface area contributed by atoms with E-state index in [1.54, 1.807) is 4.90 Å². The summed E-state index contributed by atoms with van der Waals surface area (Å²) in [7, 11) is 0. The monoisotopic (exact) mass is 436 g/mol. The lowest BCUT2D eigenvalue weighted by molar-refractivity contribution is -0.119. The maximum Gasteiger partial charge on any atom is 0.227 e. The van der Waals surface area contributed by atoms with E-state index in [0.29, 0.717) is 23.4 Å². The number of carbonyl (C=O) groups is 2. The third-order valence-corrected chi connectivity index (χ3v) is 6.46. The van der Waals surface area contributed by atoms with Crippen LogP contribution in [0.5, 0.6) is 0 Å².